The Bertz CT molecular complexity index is 98.6. The monoisotopic (exact) mass is 115 g/mol. The van der Waals surface area contributed by atoms with Crippen molar-refractivity contribution in [3.63, 3.8) is 0 Å². The van der Waals surface area contributed by atoms with Crippen molar-refractivity contribution in [2.75, 3.05) is 6.61 Å². The van der Waals surface area contributed by atoms with Crippen LogP contribution in [0, 0.1) is 4.91 Å². The van der Waals surface area contributed by atoms with E-state index in [4.69, 9.17) is 0 Å². The third kappa shape index (κ3) is 3.33. The molecule has 0 radical (unpaired) electrons. The molecule has 0 saturated carbocycles. The lowest BCUT2D eigenvalue weighted by Crippen LogP contribution is -1.86. The van der Waals surface area contributed by atoms with Gasteiger partial charge in [-0.1, -0.05) is 6.08 Å². The summed E-state index contributed by atoms with van der Waals surface area (Å²) in [6.45, 7) is 4.05. The Morgan fingerprint density at radius 1 is 1.88 bits per heavy atom. The van der Waals surface area contributed by atoms with Crippen molar-refractivity contribution < 1.29 is 4.84 Å². The fraction of sp³-hybridized carbons (Fsp3) is 0.600. The van der Waals surface area contributed by atoms with Gasteiger partial charge in [-0.25, -0.2) is 0 Å². The standard InChI is InChI=1S/C5H9NO2/c1-3-5(2)4-8-6-7/h3H,4H2,1-2H3. The molecule has 0 aromatic carbocycles. The molecule has 0 aromatic heterocycles. The van der Waals surface area contributed by atoms with E-state index in [-0.39, 0.29) is 0 Å². The van der Waals surface area contributed by atoms with E-state index in [0.29, 0.717) is 6.61 Å². The molecule has 0 saturated heterocycles. The summed E-state index contributed by atoms with van der Waals surface area (Å²) in [7, 11) is 0. The molecule has 0 aliphatic heterocycles. The lowest BCUT2D eigenvalue weighted by Gasteiger charge is -1.91. The van der Waals surface area contributed by atoms with Crippen molar-refractivity contribution in [1.29, 1.82) is 0 Å². The molecule has 8 heavy (non-hydrogen) atoms. The number of allylic oxidation sites excluding steroid dienone is 1. The van der Waals surface area contributed by atoms with Crippen molar-refractivity contribution in [3.05, 3.63) is 16.6 Å². The van der Waals surface area contributed by atoms with Crippen LogP contribution in [0.25, 0.3) is 0 Å². The van der Waals surface area contributed by atoms with Crippen LogP contribution < -0.4 is 0 Å². The van der Waals surface area contributed by atoms with E-state index in [1.807, 2.05) is 19.9 Å². The number of hydrogen-bond acceptors (Lipinski definition) is 3. The molecule has 0 unspecified atom stereocenters. The molecule has 3 heteroatoms. The summed E-state index contributed by atoms with van der Waals surface area (Å²) in [6.07, 6.45) is 1.87. The molecule has 0 aliphatic carbocycles. The van der Waals surface area contributed by atoms with Gasteiger partial charge >= 0.3 is 0 Å². The smallest absolute Gasteiger partial charge is 0.155 e. The highest BCUT2D eigenvalue weighted by molar-refractivity contribution is 4.94. The summed E-state index contributed by atoms with van der Waals surface area (Å²) >= 11 is 0. The highest BCUT2D eigenvalue weighted by atomic mass is 16.7. The molecule has 3 nitrogen and oxygen atoms in total. The Morgan fingerprint density at radius 3 is 2.88 bits per heavy atom. The van der Waals surface area contributed by atoms with E-state index in [1.165, 1.54) is 0 Å². The summed E-state index contributed by atoms with van der Waals surface area (Å²) in [5, 5.41) is 2.23. The van der Waals surface area contributed by atoms with Crippen molar-refractivity contribution in [2.24, 2.45) is 5.34 Å². The predicted octanol–water partition coefficient (Wildman–Crippen LogP) is 1.65. The van der Waals surface area contributed by atoms with Gasteiger partial charge in [0.25, 0.3) is 0 Å². The Balaban J connectivity index is 3.24. The molecule has 0 N–H and O–H groups in total. The summed E-state index contributed by atoms with van der Waals surface area (Å²) in [5.74, 6) is 0. The molecule has 0 bridgehead atoms. The second kappa shape index (κ2) is 4.30. The molecular weight excluding hydrogens is 106 g/mol. The summed E-state index contributed by atoms with van der Waals surface area (Å²) < 4.78 is 0. The number of nitrogens with zero attached hydrogens (tertiary/aromatic N) is 1. The fourth-order valence-corrected chi connectivity index (χ4v) is 0.212. The maximum Gasteiger partial charge on any atom is 0.155 e. The topological polar surface area (TPSA) is 38.7 Å². The van der Waals surface area contributed by atoms with Crippen molar-refractivity contribution in [3.8, 4) is 0 Å². The average molecular weight is 115 g/mol. The SMILES string of the molecule is CC=C(C)CON=O. The average Bonchev–Trinajstić information content (AvgIpc) is 1.83. The second-order valence-electron chi connectivity index (χ2n) is 1.48. The van der Waals surface area contributed by atoms with Gasteiger partial charge in [-0.2, -0.15) is 0 Å². The zero-order chi connectivity index (χ0) is 6.41. The summed E-state index contributed by atoms with van der Waals surface area (Å²) in [4.78, 5) is 13.5. The molecule has 46 valence electrons. The molecule has 0 aromatic rings. The first-order chi connectivity index (χ1) is 3.81. The van der Waals surface area contributed by atoms with Crippen LogP contribution in [-0.4, -0.2) is 6.61 Å². The first kappa shape index (κ1) is 7.14. The minimum Gasteiger partial charge on any atom is -0.360 e. The van der Waals surface area contributed by atoms with Gasteiger partial charge in [0.1, 0.15) is 6.61 Å². The van der Waals surface area contributed by atoms with Crippen molar-refractivity contribution >= 4 is 0 Å². The van der Waals surface area contributed by atoms with Crippen LogP contribution in [0.1, 0.15) is 13.8 Å². The van der Waals surface area contributed by atoms with Crippen LogP contribution in [0.15, 0.2) is 17.0 Å². The molecule has 0 spiro atoms. The van der Waals surface area contributed by atoms with Crippen LogP contribution in [0.4, 0.5) is 0 Å². The Kier molecular flexibility index (Phi) is 3.84. The fourth-order valence-electron chi connectivity index (χ4n) is 0.212. The summed E-state index contributed by atoms with van der Waals surface area (Å²) in [5.41, 5.74) is 1.00. The van der Waals surface area contributed by atoms with E-state index >= 15 is 0 Å². The molecular formula is C5H9NO2. The van der Waals surface area contributed by atoms with Crippen LogP contribution in [-0.2, 0) is 4.84 Å². The lowest BCUT2D eigenvalue weighted by atomic mass is 10.3. The molecule has 0 heterocycles. The first-order valence-electron chi connectivity index (χ1n) is 2.37. The van der Waals surface area contributed by atoms with Gasteiger partial charge in [0.2, 0.25) is 0 Å². The third-order valence-electron chi connectivity index (χ3n) is 0.838. The third-order valence-corrected chi connectivity index (χ3v) is 0.838. The molecule has 0 aliphatic rings. The Morgan fingerprint density at radius 2 is 2.50 bits per heavy atom. The van der Waals surface area contributed by atoms with Gasteiger partial charge in [-0.05, 0) is 19.4 Å². The largest absolute Gasteiger partial charge is 0.360 e. The van der Waals surface area contributed by atoms with Crippen LogP contribution in [0.2, 0.25) is 0 Å². The van der Waals surface area contributed by atoms with Crippen molar-refractivity contribution in [1.82, 2.24) is 0 Å². The molecule has 0 amide bonds. The number of hydrogen-bond donors (Lipinski definition) is 0. The minimum absolute atomic E-state index is 0.306. The highest BCUT2D eigenvalue weighted by Gasteiger charge is 1.84. The van der Waals surface area contributed by atoms with Gasteiger partial charge in [0.15, 0.2) is 5.34 Å². The molecule has 0 fully saturated rings. The van der Waals surface area contributed by atoms with Crippen molar-refractivity contribution in [2.45, 2.75) is 13.8 Å². The van der Waals surface area contributed by atoms with Gasteiger partial charge in [0, 0.05) is 0 Å². The lowest BCUT2D eigenvalue weighted by molar-refractivity contribution is 0.163. The zero-order valence-electron chi connectivity index (χ0n) is 5.05. The van der Waals surface area contributed by atoms with Crippen LogP contribution in [0.5, 0.6) is 0 Å². The van der Waals surface area contributed by atoms with E-state index in [9.17, 15) is 4.91 Å². The van der Waals surface area contributed by atoms with Crippen LogP contribution >= 0.6 is 0 Å². The number of rotatable bonds is 3. The van der Waals surface area contributed by atoms with E-state index in [2.05, 4.69) is 10.2 Å². The predicted molar refractivity (Wildman–Crippen MR) is 31.2 cm³/mol. The van der Waals surface area contributed by atoms with Gasteiger partial charge in [-0.3, -0.25) is 0 Å². The van der Waals surface area contributed by atoms with Gasteiger partial charge in [-0.15, -0.1) is 4.91 Å². The van der Waals surface area contributed by atoms with Gasteiger partial charge in [0.05, 0.1) is 0 Å². The van der Waals surface area contributed by atoms with E-state index in [0.717, 1.165) is 5.57 Å². The first-order valence-corrected chi connectivity index (χ1v) is 2.37. The minimum atomic E-state index is 0.306. The Labute approximate surface area is 48.3 Å². The van der Waals surface area contributed by atoms with Crippen LogP contribution in [0.3, 0.4) is 0 Å². The van der Waals surface area contributed by atoms with Gasteiger partial charge < -0.3 is 4.84 Å². The van der Waals surface area contributed by atoms with E-state index < -0.39 is 0 Å². The maximum atomic E-state index is 9.33. The zero-order valence-corrected chi connectivity index (χ0v) is 5.05. The molecule has 0 atom stereocenters. The quantitative estimate of drug-likeness (QED) is 0.318. The molecule has 0 rings (SSSR count). The Hall–Kier alpha value is -0.860. The normalized spacial score (nSPS) is 11.0. The summed E-state index contributed by atoms with van der Waals surface area (Å²) in [6, 6.07) is 0. The maximum absolute atomic E-state index is 9.33. The highest BCUT2D eigenvalue weighted by Crippen LogP contribution is 1.91. The second-order valence-corrected chi connectivity index (χ2v) is 1.48. The van der Waals surface area contributed by atoms with E-state index in [1.54, 1.807) is 0 Å².